The van der Waals surface area contributed by atoms with Gasteiger partial charge in [-0.25, -0.2) is 0 Å². The lowest BCUT2D eigenvalue weighted by atomic mass is 10.2. The number of ether oxygens (including phenoxy) is 2. The summed E-state index contributed by atoms with van der Waals surface area (Å²) < 4.78 is 16.5. The highest BCUT2D eigenvalue weighted by molar-refractivity contribution is 7.99. The number of aromatic nitrogens is 2. The molecule has 2 aliphatic rings. The lowest BCUT2D eigenvalue weighted by Gasteiger charge is -2.23. The van der Waals surface area contributed by atoms with Gasteiger partial charge in [-0.15, -0.1) is 33.4 Å². The molecule has 0 radical (unpaired) electrons. The van der Waals surface area contributed by atoms with Crippen molar-refractivity contribution in [3.8, 4) is 11.5 Å². The van der Waals surface area contributed by atoms with Gasteiger partial charge in [0.25, 0.3) is 11.1 Å². The third-order valence-corrected chi connectivity index (χ3v) is 5.48. The molecular weight excluding hydrogens is 347 g/mol. The van der Waals surface area contributed by atoms with E-state index in [-0.39, 0.29) is 5.92 Å². The van der Waals surface area contributed by atoms with Crippen molar-refractivity contribution in [2.24, 2.45) is 5.92 Å². The van der Waals surface area contributed by atoms with Crippen LogP contribution in [0.1, 0.15) is 18.4 Å². The summed E-state index contributed by atoms with van der Waals surface area (Å²) in [7, 11) is 0. The summed E-state index contributed by atoms with van der Waals surface area (Å²) in [6, 6.07) is 7.50. The van der Waals surface area contributed by atoms with Gasteiger partial charge in [0.15, 0.2) is 11.5 Å². The Bertz CT molecular complexity index is 694. The number of fused-ring (bicyclic) bond motifs is 1. The SMILES string of the molecule is ClC1(Cl)C[C@H]1CSc1nnc([C@@H]2COc3ccccc3O2)o1. The maximum absolute atomic E-state index is 6.00. The normalized spacial score (nSPS) is 25.0. The van der Waals surface area contributed by atoms with E-state index in [1.54, 1.807) is 0 Å². The quantitative estimate of drug-likeness (QED) is 0.610. The van der Waals surface area contributed by atoms with E-state index in [1.165, 1.54) is 11.8 Å². The molecule has 2 heterocycles. The summed E-state index contributed by atoms with van der Waals surface area (Å²) >= 11 is 13.5. The summed E-state index contributed by atoms with van der Waals surface area (Å²) in [6.45, 7) is 0.346. The van der Waals surface area contributed by atoms with Crippen LogP contribution in [-0.2, 0) is 0 Å². The van der Waals surface area contributed by atoms with Crippen LogP contribution < -0.4 is 9.47 Å². The van der Waals surface area contributed by atoms with Crippen LogP contribution in [0, 0.1) is 5.92 Å². The Hall–Kier alpha value is -1.11. The fraction of sp³-hybridized carbons (Fsp3) is 0.429. The maximum Gasteiger partial charge on any atom is 0.276 e. The summed E-state index contributed by atoms with van der Waals surface area (Å²) in [6.07, 6.45) is 0.415. The lowest BCUT2D eigenvalue weighted by Crippen LogP contribution is -2.21. The Morgan fingerprint density at radius 2 is 2.00 bits per heavy atom. The number of hydrogen-bond acceptors (Lipinski definition) is 6. The number of benzene rings is 1. The molecule has 0 bridgehead atoms. The molecule has 1 aromatic carbocycles. The number of thioether (sulfide) groups is 1. The molecule has 5 nitrogen and oxygen atoms in total. The minimum Gasteiger partial charge on any atom is -0.485 e. The second-order valence-corrected chi connectivity index (χ2v) is 7.76. The Morgan fingerprint density at radius 3 is 2.77 bits per heavy atom. The molecule has 4 rings (SSSR count). The van der Waals surface area contributed by atoms with Gasteiger partial charge in [-0.1, -0.05) is 23.9 Å². The van der Waals surface area contributed by atoms with Gasteiger partial charge in [-0.05, 0) is 18.6 Å². The zero-order valence-corrected chi connectivity index (χ0v) is 13.7. The van der Waals surface area contributed by atoms with Gasteiger partial charge in [0.05, 0.1) is 0 Å². The molecule has 0 N–H and O–H groups in total. The summed E-state index contributed by atoms with van der Waals surface area (Å²) in [5.41, 5.74) is 0. The number of para-hydroxylation sites is 2. The average Bonchev–Trinajstić information content (AvgIpc) is 2.94. The lowest BCUT2D eigenvalue weighted by molar-refractivity contribution is 0.0686. The van der Waals surface area contributed by atoms with Crippen molar-refractivity contribution in [3.05, 3.63) is 30.2 Å². The second-order valence-electron chi connectivity index (χ2n) is 5.24. The van der Waals surface area contributed by atoms with Crippen LogP contribution in [0.4, 0.5) is 0 Å². The molecule has 116 valence electrons. The van der Waals surface area contributed by atoms with Gasteiger partial charge in [0.1, 0.15) is 10.9 Å². The highest BCUT2D eigenvalue weighted by atomic mass is 35.5. The van der Waals surface area contributed by atoms with E-state index in [1.807, 2.05) is 24.3 Å². The molecule has 22 heavy (non-hydrogen) atoms. The molecule has 1 saturated carbocycles. The third kappa shape index (κ3) is 2.87. The second kappa shape index (κ2) is 5.51. The number of halogens is 2. The van der Waals surface area contributed by atoms with Crippen molar-refractivity contribution < 1.29 is 13.9 Å². The predicted molar refractivity (Wildman–Crippen MR) is 82.9 cm³/mol. The van der Waals surface area contributed by atoms with Crippen molar-refractivity contribution in [1.82, 2.24) is 10.2 Å². The topological polar surface area (TPSA) is 57.4 Å². The van der Waals surface area contributed by atoms with Gasteiger partial charge in [0.2, 0.25) is 6.10 Å². The molecular formula is C14H12Cl2N2O3S. The van der Waals surface area contributed by atoms with Crippen molar-refractivity contribution in [2.45, 2.75) is 22.1 Å². The van der Waals surface area contributed by atoms with Crippen LogP contribution in [0.3, 0.4) is 0 Å². The minimum absolute atomic E-state index is 0.275. The van der Waals surface area contributed by atoms with Crippen LogP contribution in [0.5, 0.6) is 11.5 Å². The molecule has 1 aliphatic carbocycles. The van der Waals surface area contributed by atoms with Crippen molar-refractivity contribution >= 4 is 35.0 Å². The molecule has 1 fully saturated rings. The van der Waals surface area contributed by atoms with E-state index in [9.17, 15) is 0 Å². The minimum atomic E-state index is -0.583. The highest BCUT2D eigenvalue weighted by Crippen LogP contribution is 2.54. The van der Waals surface area contributed by atoms with Gasteiger partial charge in [0, 0.05) is 11.7 Å². The Labute approximate surface area is 141 Å². The van der Waals surface area contributed by atoms with E-state index >= 15 is 0 Å². The van der Waals surface area contributed by atoms with Gasteiger partial charge < -0.3 is 13.9 Å². The zero-order valence-electron chi connectivity index (χ0n) is 11.4. The first-order chi connectivity index (χ1) is 10.6. The van der Waals surface area contributed by atoms with E-state index in [2.05, 4.69) is 10.2 Å². The van der Waals surface area contributed by atoms with Gasteiger partial charge in [-0.3, -0.25) is 0 Å². The predicted octanol–water partition coefficient (Wildman–Crippen LogP) is 3.87. The zero-order chi connectivity index (χ0) is 15.2. The van der Waals surface area contributed by atoms with Crippen molar-refractivity contribution in [3.63, 3.8) is 0 Å². The van der Waals surface area contributed by atoms with E-state index in [0.717, 1.165) is 17.9 Å². The van der Waals surface area contributed by atoms with Crippen LogP contribution >= 0.6 is 35.0 Å². The van der Waals surface area contributed by atoms with E-state index in [0.29, 0.717) is 23.5 Å². The fourth-order valence-corrected chi connectivity index (χ4v) is 3.87. The first kappa shape index (κ1) is 14.5. The number of rotatable bonds is 4. The summed E-state index contributed by atoms with van der Waals surface area (Å²) in [5, 5.41) is 8.55. The molecule has 0 saturated heterocycles. The smallest absolute Gasteiger partial charge is 0.276 e. The third-order valence-electron chi connectivity index (χ3n) is 3.57. The number of hydrogen-bond donors (Lipinski definition) is 0. The molecule has 0 amide bonds. The molecule has 8 heteroatoms. The molecule has 2 aromatic rings. The van der Waals surface area contributed by atoms with Crippen LogP contribution in [0.15, 0.2) is 33.9 Å². The molecule has 1 aromatic heterocycles. The monoisotopic (exact) mass is 358 g/mol. The first-order valence-corrected chi connectivity index (χ1v) is 8.58. The number of nitrogens with zero attached hydrogens (tertiary/aromatic N) is 2. The first-order valence-electron chi connectivity index (χ1n) is 6.84. The molecule has 1 aliphatic heterocycles. The van der Waals surface area contributed by atoms with Crippen LogP contribution in [0.2, 0.25) is 0 Å². The Balaban J connectivity index is 1.40. The Morgan fingerprint density at radius 1 is 1.23 bits per heavy atom. The largest absolute Gasteiger partial charge is 0.485 e. The van der Waals surface area contributed by atoms with E-state index < -0.39 is 10.4 Å². The maximum atomic E-state index is 6.00. The highest BCUT2D eigenvalue weighted by Gasteiger charge is 2.51. The molecule has 0 unspecified atom stereocenters. The van der Waals surface area contributed by atoms with E-state index in [4.69, 9.17) is 37.1 Å². The van der Waals surface area contributed by atoms with Gasteiger partial charge >= 0.3 is 0 Å². The van der Waals surface area contributed by atoms with Gasteiger partial charge in [-0.2, -0.15) is 0 Å². The van der Waals surface area contributed by atoms with Crippen molar-refractivity contribution in [2.75, 3.05) is 12.4 Å². The van der Waals surface area contributed by atoms with Crippen molar-refractivity contribution in [1.29, 1.82) is 0 Å². The molecule has 2 atom stereocenters. The molecule has 0 spiro atoms. The Kier molecular flexibility index (Phi) is 3.63. The summed E-state index contributed by atoms with van der Waals surface area (Å²) in [4.78, 5) is 0. The summed E-state index contributed by atoms with van der Waals surface area (Å²) in [5.74, 6) is 2.85. The number of alkyl halides is 2. The fourth-order valence-electron chi connectivity index (χ4n) is 2.17. The van der Waals surface area contributed by atoms with Crippen LogP contribution in [0.25, 0.3) is 0 Å². The van der Waals surface area contributed by atoms with Crippen LogP contribution in [-0.4, -0.2) is 26.9 Å². The standard InChI is InChI=1S/C14H12Cl2N2O3S/c15-14(16)5-8(14)7-22-13-18-17-12(21-13)11-6-19-9-3-1-2-4-10(9)20-11/h1-4,8,11H,5-7H2/t8-,11-/m0/s1. The average molecular weight is 359 g/mol.